The average molecular weight is 136 g/mol. The van der Waals surface area contributed by atoms with Gasteiger partial charge in [0.05, 0.1) is 0 Å². The van der Waals surface area contributed by atoms with Gasteiger partial charge in [-0.25, -0.2) is 0 Å². The van der Waals surface area contributed by atoms with E-state index in [-0.39, 0.29) is 6.61 Å². The first-order valence-corrected chi connectivity index (χ1v) is 3.41. The van der Waals surface area contributed by atoms with E-state index in [1.165, 1.54) is 0 Å². The molecule has 0 rings (SSSR count). The van der Waals surface area contributed by atoms with E-state index in [0.29, 0.717) is 5.21 Å². The van der Waals surface area contributed by atoms with E-state index in [0.717, 1.165) is 0 Å². The normalized spacial score (nSPS) is 9.00. The maximum absolute atomic E-state index is 9.46. The van der Waals surface area contributed by atoms with Crippen LogP contribution in [0.5, 0.6) is 0 Å². The van der Waals surface area contributed by atoms with Gasteiger partial charge >= 0.3 is 36.4 Å². The molecule has 2 nitrogen and oxygen atoms in total. The maximum atomic E-state index is 9.46. The molecule has 0 aromatic rings. The molecule has 30 valence electrons. The van der Waals surface area contributed by atoms with E-state index in [1.54, 1.807) is 0 Å². The number of rotatable bonds is 2. The third-order valence-electron chi connectivity index (χ3n) is 0.191. The van der Waals surface area contributed by atoms with E-state index in [1.807, 2.05) is 0 Å². The molecule has 1 N–H and O–H groups in total. The Labute approximate surface area is 37.1 Å². The van der Waals surface area contributed by atoms with Crippen LogP contribution in [0.3, 0.4) is 0 Å². The first kappa shape index (κ1) is 5.32. The minimum absolute atomic E-state index is 0.0729. The second kappa shape index (κ2) is 4.32. The van der Waals surface area contributed by atoms with Gasteiger partial charge in [-0.15, -0.1) is 0 Å². The Morgan fingerprint density at radius 3 is 2.40 bits per heavy atom. The van der Waals surface area contributed by atoms with Crippen LogP contribution in [0.2, 0.25) is 5.21 Å². The Morgan fingerprint density at radius 2 is 2.40 bits per heavy atom. The Morgan fingerprint density at radius 1 is 1.80 bits per heavy atom. The van der Waals surface area contributed by atoms with Gasteiger partial charge in [-0.1, -0.05) is 0 Å². The van der Waals surface area contributed by atoms with Crippen molar-refractivity contribution >= 4 is 15.7 Å². The molecule has 0 amide bonds. The molecule has 0 aromatic heterocycles. The fraction of sp³-hybridized carbons (Fsp3) is 1.00. The molecule has 0 saturated carbocycles. The van der Waals surface area contributed by atoms with Crippen molar-refractivity contribution < 1.29 is 8.85 Å². The van der Waals surface area contributed by atoms with Crippen molar-refractivity contribution in [1.29, 1.82) is 0 Å². The van der Waals surface area contributed by atoms with E-state index in [2.05, 4.69) is 0 Å². The van der Waals surface area contributed by atoms with Crippen molar-refractivity contribution in [2.24, 2.45) is 0 Å². The van der Waals surface area contributed by atoms with Crippen LogP contribution >= 0.6 is 0 Å². The van der Waals surface area contributed by atoms with Crippen LogP contribution in [-0.2, 0) is 3.74 Å². The zero-order valence-electron chi connectivity index (χ0n) is 2.72. The van der Waals surface area contributed by atoms with Crippen LogP contribution in [-0.4, -0.2) is 27.4 Å². The summed E-state index contributed by atoms with van der Waals surface area (Å²) in [6.45, 7) is 0.0729. The fourth-order valence-electron chi connectivity index (χ4n) is 0.0408. The molecular weight excluding hydrogens is 131 g/mol. The molecule has 0 aromatic carbocycles. The van der Waals surface area contributed by atoms with Gasteiger partial charge in [-0.2, -0.15) is 0 Å². The van der Waals surface area contributed by atoms with Crippen molar-refractivity contribution in [3.8, 4) is 0 Å². The van der Waals surface area contributed by atoms with Crippen LogP contribution in [0.1, 0.15) is 0 Å². The van der Waals surface area contributed by atoms with Gasteiger partial charge in [0.2, 0.25) is 0 Å². The molecule has 0 spiro atoms. The van der Waals surface area contributed by atoms with E-state index in [9.17, 15) is 3.74 Å². The molecule has 0 saturated heterocycles. The van der Waals surface area contributed by atoms with Crippen molar-refractivity contribution in [2.75, 3.05) is 6.61 Å². The molecule has 0 unspecified atom stereocenters. The number of aliphatic hydroxyl groups is 1. The average Bonchev–Trinajstić information content (AvgIpc) is 1.41. The SMILES string of the molecule is O=[As]CCO. The van der Waals surface area contributed by atoms with Crippen molar-refractivity contribution in [3.63, 3.8) is 0 Å². The Bertz CT molecular complexity index is 28.8. The van der Waals surface area contributed by atoms with Gasteiger partial charge in [-0.05, 0) is 0 Å². The predicted octanol–water partition coefficient (Wildman–Crippen LogP) is -0.553. The molecule has 0 aliphatic carbocycles. The number of hydrogen-bond donors (Lipinski definition) is 1. The number of aliphatic hydroxyl groups excluding tert-OH is 1. The summed E-state index contributed by atoms with van der Waals surface area (Å²) in [6.07, 6.45) is 0. The Kier molecular flexibility index (Phi) is 4.59. The second-order valence-electron chi connectivity index (χ2n) is 0.576. The molecule has 3 heteroatoms. The molecule has 0 atom stereocenters. The van der Waals surface area contributed by atoms with Gasteiger partial charge < -0.3 is 0 Å². The Balaban J connectivity index is 2.40. The standard InChI is InChI=1S/C2H5AsO2/c4-2-1-3-5/h4H,1-2H2. The van der Waals surface area contributed by atoms with Crippen molar-refractivity contribution in [2.45, 2.75) is 5.21 Å². The summed E-state index contributed by atoms with van der Waals surface area (Å²) < 4.78 is 9.46. The first-order chi connectivity index (χ1) is 2.41. The summed E-state index contributed by atoms with van der Waals surface area (Å²) in [5, 5.41) is 8.37. The molecule has 0 fully saturated rings. The van der Waals surface area contributed by atoms with Crippen molar-refractivity contribution in [1.82, 2.24) is 0 Å². The van der Waals surface area contributed by atoms with Crippen LogP contribution in [0.4, 0.5) is 0 Å². The summed E-state index contributed by atoms with van der Waals surface area (Å²) >= 11 is -0.784. The Hall–Kier alpha value is 0.318. The van der Waals surface area contributed by atoms with Gasteiger partial charge in [-0.3, -0.25) is 0 Å². The second-order valence-corrected chi connectivity index (χ2v) is 2.06. The van der Waals surface area contributed by atoms with E-state index < -0.39 is 15.7 Å². The monoisotopic (exact) mass is 136 g/mol. The third kappa shape index (κ3) is 4.32. The van der Waals surface area contributed by atoms with Crippen LogP contribution in [0, 0.1) is 0 Å². The van der Waals surface area contributed by atoms with Gasteiger partial charge in [0.1, 0.15) is 0 Å². The summed E-state index contributed by atoms with van der Waals surface area (Å²) in [4.78, 5) is 0. The van der Waals surface area contributed by atoms with Crippen LogP contribution in [0.15, 0.2) is 0 Å². The third-order valence-corrected chi connectivity index (χ3v) is 0.994. The van der Waals surface area contributed by atoms with Crippen molar-refractivity contribution in [3.05, 3.63) is 0 Å². The topological polar surface area (TPSA) is 37.3 Å². The fourth-order valence-corrected chi connectivity index (χ4v) is 0.212. The number of hydrogen-bond acceptors (Lipinski definition) is 2. The summed E-state index contributed by atoms with van der Waals surface area (Å²) in [5.41, 5.74) is 0. The molecule has 0 aliphatic heterocycles. The predicted molar refractivity (Wildman–Crippen MR) is 18.3 cm³/mol. The van der Waals surface area contributed by atoms with E-state index >= 15 is 0 Å². The van der Waals surface area contributed by atoms with Crippen LogP contribution in [0.25, 0.3) is 0 Å². The van der Waals surface area contributed by atoms with Gasteiger partial charge in [0, 0.05) is 0 Å². The molecule has 5 heavy (non-hydrogen) atoms. The summed E-state index contributed by atoms with van der Waals surface area (Å²) in [5.74, 6) is 0. The zero-order chi connectivity index (χ0) is 4.12. The minimum atomic E-state index is -0.784. The van der Waals surface area contributed by atoms with Gasteiger partial charge in [0.15, 0.2) is 0 Å². The molecule has 0 radical (unpaired) electrons. The molecule has 0 heterocycles. The molecular formula is C2H5AsO2. The van der Waals surface area contributed by atoms with E-state index in [4.69, 9.17) is 5.11 Å². The summed E-state index contributed by atoms with van der Waals surface area (Å²) in [6, 6.07) is 0. The zero-order valence-corrected chi connectivity index (χ0v) is 4.59. The molecule has 0 aliphatic rings. The summed E-state index contributed by atoms with van der Waals surface area (Å²) in [7, 11) is 0. The van der Waals surface area contributed by atoms with Crippen LogP contribution < -0.4 is 0 Å². The van der Waals surface area contributed by atoms with Gasteiger partial charge in [0.25, 0.3) is 0 Å². The molecule has 0 bridgehead atoms. The first-order valence-electron chi connectivity index (χ1n) is 1.32. The quantitative estimate of drug-likeness (QED) is 0.517.